The highest BCUT2D eigenvalue weighted by Gasteiger charge is 2.40. The van der Waals surface area contributed by atoms with Crippen LogP contribution in [0.25, 0.3) is 0 Å². The van der Waals surface area contributed by atoms with Crippen LogP contribution < -0.4 is 14.8 Å². The first-order valence-electron chi connectivity index (χ1n) is 13.4. The molecule has 0 aliphatic heterocycles. The molecule has 0 saturated carbocycles. The van der Waals surface area contributed by atoms with Crippen molar-refractivity contribution in [2.24, 2.45) is 10.8 Å². The summed E-state index contributed by atoms with van der Waals surface area (Å²) in [6, 6.07) is 19.3. The third-order valence-corrected chi connectivity index (χ3v) is 8.00. The van der Waals surface area contributed by atoms with E-state index in [0.29, 0.717) is 19.3 Å². The van der Waals surface area contributed by atoms with Crippen molar-refractivity contribution in [2.45, 2.75) is 44.2 Å². The molecular weight excluding hydrogens is 599 g/mol. The Morgan fingerprint density at radius 3 is 2.27 bits per heavy atom. The van der Waals surface area contributed by atoms with Gasteiger partial charge in [-0.1, -0.05) is 48.5 Å². The Balaban J connectivity index is 0.00000159. The third-order valence-electron chi connectivity index (χ3n) is 6.13. The number of rotatable bonds is 13. The summed E-state index contributed by atoms with van der Waals surface area (Å²) < 4.78 is 76.5. The Bertz CT molecular complexity index is 1510. The topological polar surface area (TPSA) is 149 Å². The SMILES string of the molecule is C=NN(CCOc1cccc(N(CCCCc2ccccc2)S(=O)(=O)c2cccc(C)c2C(F)(F)F)c1)C(=N)N.CC(=O)O. The molecular formula is C30H36F3N5O5S. The molecule has 0 radical (unpaired) electrons. The molecule has 0 aromatic heterocycles. The highest BCUT2D eigenvalue weighted by atomic mass is 32.2. The van der Waals surface area contributed by atoms with Crippen LogP contribution in [-0.2, 0) is 27.4 Å². The number of nitrogens with two attached hydrogens (primary N) is 1. The minimum absolute atomic E-state index is 0.0393. The number of hydrazone groups is 1. The number of nitrogens with one attached hydrogen (secondary N) is 1. The van der Waals surface area contributed by atoms with E-state index < -0.39 is 32.6 Å². The van der Waals surface area contributed by atoms with Crippen LogP contribution in [-0.4, -0.2) is 56.9 Å². The number of ether oxygens (including phenoxy) is 1. The summed E-state index contributed by atoms with van der Waals surface area (Å²) >= 11 is 0. The minimum atomic E-state index is -4.86. The lowest BCUT2D eigenvalue weighted by molar-refractivity contribution is -0.140. The minimum Gasteiger partial charge on any atom is -0.492 e. The molecule has 0 amide bonds. The van der Waals surface area contributed by atoms with Crippen LogP contribution in [0.2, 0.25) is 0 Å². The van der Waals surface area contributed by atoms with E-state index in [4.69, 9.17) is 25.8 Å². The average molecular weight is 636 g/mol. The maximum Gasteiger partial charge on any atom is 0.417 e. The number of unbranched alkanes of at least 4 members (excludes halogenated alkanes) is 1. The maximum atomic E-state index is 14.0. The van der Waals surface area contributed by atoms with Crippen molar-refractivity contribution in [1.82, 2.24) is 5.01 Å². The van der Waals surface area contributed by atoms with Gasteiger partial charge in [-0.2, -0.15) is 18.3 Å². The summed E-state index contributed by atoms with van der Waals surface area (Å²) in [6.07, 6.45) is -3.13. The first-order chi connectivity index (χ1) is 20.7. The van der Waals surface area contributed by atoms with Crippen LogP contribution in [0.3, 0.4) is 0 Å². The van der Waals surface area contributed by atoms with Crippen molar-refractivity contribution in [3.63, 3.8) is 0 Å². The lowest BCUT2D eigenvalue weighted by Gasteiger charge is -2.27. The molecule has 44 heavy (non-hydrogen) atoms. The second kappa shape index (κ2) is 16.3. The summed E-state index contributed by atoms with van der Waals surface area (Å²) in [6.45, 7) is 5.77. The molecule has 14 heteroatoms. The highest BCUT2D eigenvalue weighted by Crippen LogP contribution is 2.39. The van der Waals surface area contributed by atoms with E-state index in [1.165, 1.54) is 31.2 Å². The molecule has 0 heterocycles. The second-order valence-corrected chi connectivity index (χ2v) is 11.3. The molecule has 238 valence electrons. The van der Waals surface area contributed by atoms with Crippen molar-refractivity contribution in [2.75, 3.05) is 24.0 Å². The smallest absolute Gasteiger partial charge is 0.417 e. The van der Waals surface area contributed by atoms with Gasteiger partial charge in [0.05, 0.1) is 22.7 Å². The molecule has 4 N–H and O–H groups in total. The Morgan fingerprint density at radius 2 is 1.68 bits per heavy atom. The van der Waals surface area contributed by atoms with Crippen LogP contribution in [0.5, 0.6) is 5.75 Å². The van der Waals surface area contributed by atoms with Gasteiger partial charge >= 0.3 is 6.18 Å². The number of carboxylic acid groups (broad SMARTS) is 1. The summed E-state index contributed by atoms with van der Waals surface area (Å²) in [5, 5.41) is 19.6. The number of aryl methyl sites for hydroxylation is 2. The summed E-state index contributed by atoms with van der Waals surface area (Å²) in [7, 11) is -4.62. The van der Waals surface area contributed by atoms with Gasteiger partial charge in [-0.15, -0.1) is 0 Å². The van der Waals surface area contributed by atoms with E-state index in [2.05, 4.69) is 11.8 Å². The van der Waals surface area contributed by atoms with Gasteiger partial charge in [0.1, 0.15) is 12.4 Å². The average Bonchev–Trinajstić information content (AvgIpc) is 2.94. The standard InChI is InChI=1S/C28H32F3N5O3S.C2H4O2/c1-21-10-8-16-25(26(21)28(29,30)31)40(37,38)36(17-7-6-13-22-11-4-3-5-12-22)23-14-9-15-24(20-23)39-19-18-35(34-2)27(32)33;1-2(3)4/h3-5,8-12,14-16,20H,2,6-7,13,17-19H2,1H3,(H3,32,33);1H3,(H,3,4). The van der Waals surface area contributed by atoms with Gasteiger partial charge in [0, 0.05) is 26.3 Å². The summed E-state index contributed by atoms with van der Waals surface area (Å²) in [4.78, 5) is 8.20. The predicted octanol–water partition coefficient (Wildman–Crippen LogP) is 5.51. The fraction of sp³-hybridized carbons (Fsp3) is 0.300. The number of benzene rings is 3. The first kappa shape index (κ1) is 35.6. The molecule has 0 saturated heterocycles. The largest absolute Gasteiger partial charge is 0.492 e. The van der Waals surface area contributed by atoms with E-state index in [0.717, 1.165) is 27.9 Å². The lowest BCUT2D eigenvalue weighted by atomic mass is 10.1. The zero-order valence-corrected chi connectivity index (χ0v) is 25.2. The molecule has 10 nitrogen and oxygen atoms in total. The van der Waals surface area contributed by atoms with E-state index in [9.17, 15) is 21.6 Å². The number of carbonyl (C=O) groups is 1. The molecule has 0 atom stereocenters. The number of hydrogen-bond acceptors (Lipinski definition) is 6. The number of carboxylic acids is 1. The third kappa shape index (κ3) is 10.6. The second-order valence-electron chi connectivity index (χ2n) is 9.48. The van der Waals surface area contributed by atoms with Crippen molar-refractivity contribution < 1.29 is 36.2 Å². The Labute approximate surface area is 255 Å². The summed E-state index contributed by atoms with van der Waals surface area (Å²) in [5.41, 5.74) is 5.29. The van der Waals surface area contributed by atoms with Crippen molar-refractivity contribution in [3.8, 4) is 5.75 Å². The molecule has 0 aliphatic carbocycles. The number of sulfonamides is 1. The van der Waals surface area contributed by atoms with Crippen LogP contribution in [0.4, 0.5) is 18.9 Å². The van der Waals surface area contributed by atoms with Crippen LogP contribution in [0, 0.1) is 12.3 Å². The summed E-state index contributed by atoms with van der Waals surface area (Å²) in [5.74, 6) is -0.867. The van der Waals surface area contributed by atoms with Crippen molar-refractivity contribution in [3.05, 3.63) is 89.5 Å². The van der Waals surface area contributed by atoms with E-state index >= 15 is 0 Å². The number of anilines is 1. The van der Waals surface area contributed by atoms with Gasteiger partial charge in [0.2, 0.25) is 5.96 Å². The Hall–Kier alpha value is -4.59. The molecule has 3 rings (SSSR count). The quantitative estimate of drug-likeness (QED) is 0.0970. The van der Waals surface area contributed by atoms with Gasteiger partial charge in [0.15, 0.2) is 0 Å². The number of nitrogens with zero attached hydrogens (tertiary/aromatic N) is 3. The van der Waals surface area contributed by atoms with Crippen molar-refractivity contribution >= 4 is 34.4 Å². The highest BCUT2D eigenvalue weighted by molar-refractivity contribution is 7.92. The van der Waals surface area contributed by atoms with Crippen molar-refractivity contribution in [1.29, 1.82) is 5.41 Å². The molecule has 0 fully saturated rings. The molecule has 0 aliphatic rings. The fourth-order valence-electron chi connectivity index (χ4n) is 4.20. The number of aliphatic carboxylic acids is 1. The fourth-order valence-corrected chi connectivity index (χ4v) is 5.98. The lowest BCUT2D eigenvalue weighted by Crippen LogP contribution is -2.35. The number of hydrogen-bond donors (Lipinski definition) is 3. The predicted molar refractivity (Wildman–Crippen MR) is 164 cm³/mol. The zero-order valence-electron chi connectivity index (χ0n) is 24.4. The van der Waals surface area contributed by atoms with E-state index in [1.54, 1.807) is 12.1 Å². The Kier molecular flexibility index (Phi) is 13.2. The molecule has 3 aromatic carbocycles. The Morgan fingerprint density at radius 1 is 1.05 bits per heavy atom. The van der Waals surface area contributed by atoms with Crippen LogP contribution >= 0.6 is 0 Å². The van der Waals surface area contributed by atoms with Gasteiger partial charge in [0.25, 0.3) is 16.0 Å². The molecule has 0 bridgehead atoms. The first-order valence-corrected chi connectivity index (χ1v) is 14.9. The molecule has 3 aromatic rings. The monoisotopic (exact) mass is 635 g/mol. The number of guanidine groups is 1. The normalized spacial score (nSPS) is 11.1. The molecule has 0 spiro atoms. The van der Waals surface area contributed by atoms with Gasteiger partial charge < -0.3 is 15.6 Å². The maximum absolute atomic E-state index is 14.0. The van der Waals surface area contributed by atoms with E-state index in [1.807, 2.05) is 30.3 Å². The number of halogens is 3. The van der Waals surface area contributed by atoms with Crippen LogP contribution in [0.15, 0.2) is 82.8 Å². The van der Waals surface area contributed by atoms with E-state index in [-0.39, 0.29) is 42.7 Å². The van der Waals surface area contributed by atoms with Gasteiger partial charge in [-0.05, 0) is 55.5 Å². The van der Waals surface area contributed by atoms with Gasteiger partial charge in [-0.25, -0.2) is 13.4 Å². The van der Waals surface area contributed by atoms with Gasteiger partial charge in [-0.3, -0.25) is 14.5 Å². The number of alkyl halides is 3. The zero-order chi connectivity index (χ0) is 32.9. The van der Waals surface area contributed by atoms with Crippen LogP contribution in [0.1, 0.15) is 36.5 Å². The molecule has 0 unspecified atom stereocenters.